The molecule has 20 rings (SSSR count). The average molecular weight is 1420 g/mol. The molecular formula is C109H82N2. The largest absolute Gasteiger partial charge is 0.310 e. The Kier molecular flexibility index (Phi) is 16.0. The molecule has 2 nitrogen and oxygen atoms in total. The summed E-state index contributed by atoms with van der Waals surface area (Å²) in [6.07, 6.45) is 5.42. The standard InChI is InChI=1S/C109H82N2/c1-7-75-39-43-77(44-40-75)69-107(101-63-71(3)35-37-73(101)5)97-31-19-15-27-89(97)93-59-55-85(65-103(93)107)110(83-51-47-81(48-52-83)79-23-11-9-12-24-79)87-57-61-95-91-29-17-21-33-99(91)109(105(95)67-87)100-34-22-18-30-92(100)96-62-58-88(68-106(96)109)111(84-53-49-82(50-54-84)80-25-13-10-14-26-80)86-56-60-94-90-28-16-20-32-98(90)108(104(94)66-86,102-64-72(4)36-38-74(102)6)70-78-45-41-76(8-2)42-46-78/h7-68H,1-2,69-70H2,3-6H3. The van der Waals surface area contributed by atoms with Gasteiger partial charge in [0.2, 0.25) is 0 Å². The van der Waals surface area contributed by atoms with Crippen LogP contribution in [-0.2, 0) is 29.1 Å². The van der Waals surface area contributed by atoms with Crippen molar-refractivity contribution in [2.75, 3.05) is 9.80 Å². The van der Waals surface area contributed by atoms with E-state index in [2.05, 4.69) is 415 Å². The van der Waals surface area contributed by atoms with Gasteiger partial charge in [0.25, 0.3) is 0 Å². The molecule has 2 atom stereocenters. The Balaban J connectivity index is 0.807. The molecule has 4 aliphatic carbocycles. The van der Waals surface area contributed by atoms with E-state index in [9.17, 15) is 0 Å². The van der Waals surface area contributed by atoms with Gasteiger partial charge < -0.3 is 9.80 Å². The number of benzene rings is 16. The van der Waals surface area contributed by atoms with E-state index in [0.29, 0.717) is 0 Å². The van der Waals surface area contributed by atoms with E-state index in [0.717, 1.165) is 58.1 Å². The summed E-state index contributed by atoms with van der Waals surface area (Å²) in [5.41, 5.74) is 42.1. The molecule has 0 N–H and O–H groups in total. The molecule has 0 aromatic heterocycles. The molecule has 0 aliphatic heterocycles. The van der Waals surface area contributed by atoms with Crippen molar-refractivity contribution in [1.82, 2.24) is 0 Å². The second-order valence-corrected chi connectivity index (χ2v) is 31.0. The zero-order valence-electron chi connectivity index (χ0n) is 63.0. The fourth-order valence-corrected chi connectivity index (χ4v) is 19.8. The maximum absolute atomic E-state index is 4.15. The third-order valence-corrected chi connectivity index (χ3v) is 24.9. The van der Waals surface area contributed by atoms with Crippen LogP contribution in [0.25, 0.3) is 78.9 Å². The summed E-state index contributed by atoms with van der Waals surface area (Å²) >= 11 is 0. The Bertz CT molecular complexity index is 6010. The first-order valence-electron chi connectivity index (χ1n) is 39.0. The fraction of sp³-hybridized carbons (Fsp3) is 0.0826. The molecule has 0 amide bonds. The minimum atomic E-state index is -0.743. The van der Waals surface area contributed by atoms with Crippen molar-refractivity contribution in [2.45, 2.75) is 56.8 Å². The van der Waals surface area contributed by atoms with E-state index >= 15 is 0 Å². The van der Waals surface area contributed by atoms with Gasteiger partial charge >= 0.3 is 0 Å². The topological polar surface area (TPSA) is 6.48 Å². The maximum atomic E-state index is 4.15. The molecule has 0 heterocycles. The Hall–Kier alpha value is -13.4. The molecule has 0 bridgehead atoms. The zero-order chi connectivity index (χ0) is 74.7. The molecular weight excluding hydrogens is 1340 g/mol. The Morgan fingerprint density at radius 3 is 0.883 bits per heavy atom. The molecule has 4 aliphatic rings. The van der Waals surface area contributed by atoms with Crippen molar-refractivity contribution in [3.8, 4) is 66.8 Å². The average Bonchev–Trinajstić information content (AvgIpc) is 1.59. The van der Waals surface area contributed by atoms with Crippen molar-refractivity contribution in [3.63, 3.8) is 0 Å². The predicted octanol–water partition coefficient (Wildman–Crippen LogP) is 27.9. The number of rotatable bonds is 16. The van der Waals surface area contributed by atoms with Crippen LogP contribution in [0.4, 0.5) is 34.1 Å². The molecule has 2 unspecified atom stereocenters. The second kappa shape index (κ2) is 26.5. The molecule has 1 spiro atoms. The van der Waals surface area contributed by atoms with E-state index in [1.54, 1.807) is 0 Å². The highest BCUT2D eigenvalue weighted by atomic mass is 15.1. The lowest BCUT2D eigenvalue weighted by Gasteiger charge is -2.36. The normalized spacial score (nSPS) is 16.2. The molecule has 16 aromatic rings. The van der Waals surface area contributed by atoms with Crippen LogP contribution < -0.4 is 9.80 Å². The Labute approximate surface area is 652 Å². The van der Waals surface area contributed by atoms with Crippen LogP contribution in [-0.4, -0.2) is 0 Å². The number of fused-ring (bicyclic) bond motifs is 16. The predicted molar refractivity (Wildman–Crippen MR) is 466 cm³/mol. The highest BCUT2D eigenvalue weighted by Crippen LogP contribution is 2.65. The van der Waals surface area contributed by atoms with Crippen LogP contribution in [0.15, 0.2) is 377 Å². The van der Waals surface area contributed by atoms with Gasteiger partial charge in [0.15, 0.2) is 0 Å². The summed E-state index contributed by atoms with van der Waals surface area (Å²) in [6.45, 7) is 17.4. The van der Waals surface area contributed by atoms with E-state index in [1.807, 2.05) is 12.2 Å². The first-order valence-corrected chi connectivity index (χ1v) is 39.0. The van der Waals surface area contributed by atoms with Crippen LogP contribution in [0.5, 0.6) is 0 Å². The summed E-state index contributed by atoms with van der Waals surface area (Å²) in [4.78, 5) is 5.09. The minimum absolute atomic E-state index is 0.542. The van der Waals surface area contributed by atoms with Gasteiger partial charge in [-0.05, 0) is 269 Å². The van der Waals surface area contributed by atoms with Crippen molar-refractivity contribution < 1.29 is 0 Å². The monoisotopic (exact) mass is 1420 g/mol. The third kappa shape index (κ3) is 10.5. The molecule has 2 heteroatoms. The van der Waals surface area contributed by atoms with Gasteiger partial charge in [0, 0.05) is 34.1 Å². The number of nitrogens with zero attached hydrogens (tertiary/aromatic N) is 2. The highest BCUT2D eigenvalue weighted by molar-refractivity contribution is 5.99. The summed E-state index contributed by atoms with van der Waals surface area (Å²) in [5, 5.41) is 0. The molecule has 16 aromatic carbocycles. The molecule has 0 saturated carbocycles. The summed E-state index contributed by atoms with van der Waals surface area (Å²) in [7, 11) is 0. The van der Waals surface area contributed by atoms with Gasteiger partial charge in [0.1, 0.15) is 0 Å². The lowest BCUT2D eigenvalue weighted by atomic mass is 9.67. The number of anilines is 6. The Morgan fingerprint density at radius 1 is 0.234 bits per heavy atom. The maximum Gasteiger partial charge on any atom is 0.0727 e. The smallest absolute Gasteiger partial charge is 0.0727 e. The van der Waals surface area contributed by atoms with Crippen molar-refractivity contribution >= 4 is 46.3 Å². The van der Waals surface area contributed by atoms with E-state index in [-0.39, 0.29) is 0 Å². The van der Waals surface area contributed by atoms with Gasteiger partial charge in [-0.25, -0.2) is 0 Å². The van der Waals surface area contributed by atoms with E-state index in [4.69, 9.17) is 0 Å². The summed E-state index contributed by atoms with van der Waals surface area (Å²) in [5.74, 6) is 0. The van der Waals surface area contributed by atoms with Crippen LogP contribution >= 0.6 is 0 Å². The first kappa shape index (κ1) is 67.0. The molecule has 111 heavy (non-hydrogen) atoms. The van der Waals surface area contributed by atoms with Crippen molar-refractivity contribution in [2.24, 2.45) is 0 Å². The molecule has 0 saturated heterocycles. The van der Waals surface area contributed by atoms with Crippen LogP contribution in [0.3, 0.4) is 0 Å². The van der Waals surface area contributed by atoms with Gasteiger partial charge in [-0.15, -0.1) is 0 Å². The first-order chi connectivity index (χ1) is 54.5. The number of aryl methyl sites for hydroxylation is 4. The van der Waals surface area contributed by atoms with Gasteiger partial charge in [-0.1, -0.05) is 328 Å². The molecule has 0 fully saturated rings. The molecule has 0 radical (unpaired) electrons. The van der Waals surface area contributed by atoms with Gasteiger partial charge in [0.05, 0.1) is 16.2 Å². The van der Waals surface area contributed by atoms with E-state index < -0.39 is 16.2 Å². The third-order valence-electron chi connectivity index (χ3n) is 24.9. The summed E-state index contributed by atoms with van der Waals surface area (Å²) in [6, 6.07) is 139. The van der Waals surface area contributed by atoms with Crippen molar-refractivity contribution in [1.29, 1.82) is 0 Å². The van der Waals surface area contributed by atoms with E-state index in [1.165, 1.54) is 156 Å². The number of hydrogen-bond donors (Lipinski definition) is 0. The van der Waals surface area contributed by atoms with Crippen LogP contribution in [0.1, 0.15) is 100 Å². The van der Waals surface area contributed by atoms with Crippen LogP contribution in [0.2, 0.25) is 0 Å². The zero-order valence-corrected chi connectivity index (χ0v) is 63.0. The fourth-order valence-electron chi connectivity index (χ4n) is 19.8. The SMILES string of the molecule is C=Cc1ccc(CC2(c3cc(C)ccc3C)c3ccccc3-c3ccc(N(c4ccc(-c5ccccc5)cc4)c4ccc5c(c4)C4(c6ccccc6-5)c5ccccc5-c5ccc(N(c6ccc(-c7ccccc7)cc6)c6ccc7c(c6)C(Cc6ccc(C=C)cc6)(c6cc(C)ccc6C)c6ccccc6-7)cc54)cc32)cc1. The number of hydrogen-bond acceptors (Lipinski definition) is 2. The summed E-state index contributed by atoms with van der Waals surface area (Å²) < 4.78 is 0. The second-order valence-electron chi connectivity index (χ2n) is 31.0. The highest BCUT2D eigenvalue weighted by Gasteiger charge is 2.53. The quantitative estimate of drug-likeness (QED) is 0.0951. The molecule has 528 valence electrons. The van der Waals surface area contributed by atoms with Crippen LogP contribution in [0, 0.1) is 27.7 Å². The minimum Gasteiger partial charge on any atom is -0.310 e. The lowest BCUT2D eigenvalue weighted by Crippen LogP contribution is -2.31. The van der Waals surface area contributed by atoms with Gasteiger partial charge in [-0.3, -0.25) is 0 Å². The Morgan fingerprint density at radius 2 is 0.523 bits per heavy atom. The van der Waals surface area contributed by atoms with Crippen molar-refractivity contribution in [3.05, 3.63) is 477 Å². The van der Waals surface area contributed by atoms with Gasteiger partial charge in [-0.2, -0.15) is 0 Å². The lowest BCUT2D eigenvalue weighted by molar-refractivity contribution is 0.624.